The van der Waals surface area contributed by atoms with E-state index in [1.807, 2.05) is 6.92 Å². The molecule has 30 heavy (non-hydrogen) atoms. The zero-order chi connectivity index (χ0) is 21.2. The van der Waals surface area contributed by atoms with E-state index in [4.69, 9.17) is 0 Å². The normalized spacial score (nSPS) is 12.3. The second-order valence-corrected chi connectivity index (χ2v) is 6.07. The van der Waals surface area contributed by atoms with Crippen molar-refractivity contribution < 1.29 is 27.4 Å². The second kappa shape index (κ2) is 13.3. The Kier molecular flexibility index (Phi) is 11.5. The van der Waals surface area contributed by atoms with Crippen LogP contribution in [-0.2, 0) is 6.42 Å². The van der Waals surface area contributed by atoms with E-state index in [9.17, 15) is 22.7 Å². The Bertz CT molecular complexity index is 807. The van der Waals surface area contributed by atoms with Crippen LogP contribution in [0.3, 0.4) is 0 Å². The van der Waals surface area contributed by atoms with Crippen molar-refractivity contribution in [3.8, 4) is 5.75 Å². The van der Waals surface area contributed by atoms with Gasteiger partial charge in [-0.15, -0.1) is 24.0 Å². The van der Waals surface area contributed by atoms with Gasteiger partial charge in [-0.2, -0.15) is 8.78 Å². The summed E-state index contributed by atoms with van der Waals surface area (Å²) in [5.41, 5.74) is 0.743. The molecule has 2 rings (SSSR count). The number of alkyl halides is 2. The smallest absolute Gasteiger partial charge is 0.387 e. The molecule has 0 bridgehead atoms. The van der Waals surface area contributed by atoms with Crippen LogP contribution in [0.15, 0.2) is 47.5 Å². The van der Waals surface area contributed by atoms with Crippen LogP contribution in [0, 0.1) is 11.6 Å². The summed E-state index contributed by atoms with van der Waals surface area (Å²) in [6.07, 6.45) is -0.700. The summed E-state index contributed by atoms with van der Waals surface area (Å²) in [5.74, 6) is -1.36. The van der Waals surface area contributed by atoms with Crippen LogP contribution in [-0.4, -0.2) is 37.3 Å². The van der Waals surface area contributed by atoms with Crippen LogP contribution < -0.4 is 15.4 Å². The quantitative estimate of drug-likeness (QED) is 0.194. The predicted molar refractivity (Wildman–Crippen MR) is 117 cm³/mol. The first-order valence-electron chi connectivity index (χ1n) is 9.08. The number of aliphatic hydroxyl groups is 1. The lowest BCUT2D eigenvalue weighted by Crippen LogP contribution is -2.38. The Balaban J connectivity index is 0.00000450. The van der Waals surface area contributed by atoms with Gasteiger partial charge >= 0.3 is 6.61 Å². The van der Waals surface area contributed by atoms with Crippen LogP contribution in [0.1, 0.15) is 24.2 Å². The maximum Gasteiger partial charge on any atom is 0.387 e. The van der Waals surface area contributed by atoms with Crippen molar-refractivity contribution >= 4 is 29.9 Å². The standard InChI is InChI=1S/C20H23F4N3O2.HI/c1-2-25-20(26-11-10-14-4-3-5-16(21)18(14)22)27-12-17(28)13-6-8-15(9-7-13)29-19(23)24;/h3-9,17,19,28H,2,10-12H2,1H3,(H2,25,26,27);1H. The molecule has 166 valence electrons. The summed E-state index contributed by atoms with van der Waals surface area (Å²) in [6.45, 7) is -0.164. The Morgan fingerprint density at radius 1 is 1.10 bits per heavy atom. The number of hydrogen-bond donors (Lipinski definition) is 3. The predicted octanol–water partition coefficient (Wildman–Crippen LogP) is 4.02. The highest BCUT2D eigenvalue weighted by molar-refractivity contribution is 14.0. The molecule has 0 aromatic heterocycles. The molecule has 5 nitrogen and oxygen atoms in total. The van der Waals surface area contributed by atoms with E-state index in [1.165, 1.54) is 36.4 Å². The average Bonchev–Trinajstić information content (AvgIpc) is 2.69. The van der Waals surface area contributed by atoms with Gasteiger partial charge in [-0.1, -0.05) is 24.3 Å². The molecule has 1 unspecified atom stereocenters. The fourth-order valence-corrected chi connectivity index (χ4v) is 2.55. The highest BCUT2D eigenvalue weighted by Crippen LogP contribution is 2.19. The van der Waals surface area contributed by atoms with Crippen LogP contribution in [0.5, 0.6) is 5.75 Å². The van der Waals surface area contributed by atoms with E-state index < -0.39 is 24.3 Å². The zero-order valence-electron chi connectivity index (χ0n) is 16.2. The lowest BCUT2D eigenvalue weighted by atomic mass is 10.1. The molecule has 0 fully saturated rings. The SMILES string of the molecule is CCNC(=NCC(O)c1ccc(OC(F)F)cc1)NCCc1cccc(F)c1F.I. The third-order valence-electron chi connectivity index (χ3n) is 3.97. The van der Waals surface area contributed by atoms with Gasteiger partial charge < -0.3 is 20.5 Å². The van der Waals surface area contributed by atoms with Gasteiger partial charge in [-0.05, 0) is 42.7 Å². The molecular formula is C20H24F4IN3O2. The van der Waals surface area contributed by atoms with Gasteiger partial charge in [0.1, 0.15) is 5.75 Å². The van der Waals surface area contributed by atoms with Gasteiger partial charge in [0.25, 0.3) is 0 Å². The number of aliphatic hydroxyl groups excluding tert-OH is 1. The molecule has 2 aromatic carbocycles. The first-order chi connectivity index (χ1) is 13.9. The maximum absolute atomic E-state index is 13.7. The van der Waals surface area contributed by atoms with Crippen LogP contribution >= 0.6 is 24.0 Å². The van der Waals surface area contributed by atoms with Gasteiger partial charge in [0.05, 0.1) is 12.6 Å². The molecule has 0 aliphatic carbocycles. The Morgan fingerprint density at radius 3 is 2.43 bits per heavy atom. The summed E-state index contributed by atoms with van der Waals surface area (Å²) in [4.78, 5) is 4.26. The minimum atomic E-state index is -2.91. The molecule has 0 saturated carbocycles. The summed E-state index contributed by atoms with van der Waals surface area (Å²) < 4.78 is 55.5. The van der Waals surface area contributed by atoms with Crippen molar-refractivity contribution in [2.75, 3.05) is 19.6 Å². The number of ether oxygens (including phenoxy) is 1. The minimum Gasteiger partial charge on any atom is -0.435 e. The van der Waals surface area contributed by atoms with Crippen molar-refractivity contribution in [2.24, 2.45) is 4.99 Å². The van der Waals surface area contributed by atoms with Gasteiger partial charge in [0, 0.05) is 13.1 Å². The molecule has 2 aromatic rings. The molecular weight excluding hydrogens is 517 g/mol. The summed E-state index contributed by atoms with van der Waals surface area (Å²) in [5, 5.41) is 16.2. The number of hydrogen-bond acceptors (Lipinski definition) is 3. The fraction of sp³-hybridized carbons (Fsp3) is 0.350. The monoisotopic (exact) mass is 541 g/mol. The number of nitrogens with zero attached hydrogens (tertiary/aromatic N) is 1. The summed E-state index contributed by atoms with van der Waals surface area (Å²) >= 11 is 0. The molecule has 0 radical (unpaired) electrons. The molecule has 3 N–H and O–H groups in total. The van der Waals surface area contributed by atoms with E-state index in [0.717, 1.165) is 6.07 Å². The van der Waals surface area contributed by atoms with Crippen molar-refractivity contribution in [3.63, 3.8) is 0 Å². The topological polar surface area (TPSA) is 65.9 Å². The Hall–Kier alpha value is -2.08. The fourth-order valence-electron chi connectivity index (χ4n) is 2.55. The Morgan fingerprint density at radius 2 is 1.80 bits per heavy atom. The zero-order valence-corrected chi connectivity index (χ0v) is 18.6. The van der Waals surface area contributed by atoms with E-state index >= 15 is 0 Å². The van der Waals surface area contributed by atoms with Gasteiger partial charge in [0.2, 0.25) is 0 Å². The van der Waals surface area contributed by atoms with Crippen LogP contribution in [0.2, 0.25) is 0 Å². The van der Waals surface area contributed by atoms with Crippen molar-refractivity contribution in [3.05, 3.63) is 65.2 Å². The number of rotatable bonds is 9. The largest absolute Gasteiger partial charge is 0.435 e. The van der Waals surface area contributed by atoms with Crippen LogP contribution in [0.4, 0.5) is 17.6 Å². The number of aliphatic imine (C=N–C) groups is 1. The molecule has 0 aliphatic heterocycles. The molecule has 1 atom stereocenters. The lowest BCUT2D eigenvalue weighted by Gasteiger charge is -2.14. The minimum absolute atomic E-state index is 0. The summed E-state index contributed by atoms with van der Waals surface area (Å²) in [6, 6.07) is 9.65. The van der Waals surface area contributed by atoms with Gasteiger partial charge in [-0.3, -0.25) is 4.99 Å². The molecule has 0 aliphatic rings. The number of guanidine groups is 1. The van der Waals surface area contributed by atoms with E-state index in [0.29, 0.717) is 24.6 Å². The molecule has 0 heterocycles. The highest BCUT2D eigenvalue weighted by Gasteiger charge is 2.10. The first kappa shape index (κ1) is 26.0. The Labute approximate surface area is 189 Å². The van der Waals surface area contributed by atoms with Crippen LogP contribution in [0.25, 0.3) is 0 Å². The molecule has 0 spiro atoms. The highest BCUT2D eigenvalue weighted by atomic mass is 127. The van der Waals surface area contributed by atoms with E-state index in [1.54, 1.807) is 0 Å². The van der Waals surface area contributed by atoms with Crippen molar-refractivity contribution in [1.82, 2.24) is 10.6 Å². The summed E-state index contributed by atoms with van der Waals surface area (Å²) in [7, 11) is 0. The second-order valence-electron chi connectivity index (χ2n) is 6.07. The third-order valence-corrected chi connectivity index (χ3v) is 3.97. The lowest BCUT2D eigenvalue weighted by molar-refractivity contribution is -0.0498. The van der Waals surface area contributed by atoms with E-state index in [2.05, 4.69) is 20.4 Å². The number of nitrogens with one attached hydrogen (secondary N) is 2. The third kappa shape index (κ3) is 8.34. The molecule has 10 heteroatoms. The first-order valence-corrected chi connectivity index (χ1v) is 9.08. The maximum atomic E-state index is 13.7. The number of benzene rings is 2. The average molecular weight is 541 g/mol. The van der Waals surface area contributed by atoms with Crippen molar-refractivity contribution in [1.29, 1.82) is 0 Å². The molecule has 0 saturated heterocycles. The van der Waals surface area contributed by atoms with Gasteiger partial charge in [-0.25, -0.2) is 8.78 Å². The van der Waals surface area contributed by atoms with E-state index in [-0.39, 0.29) is 48.3 Å². The molecule has 0 amide bonds. The number of halogens is 5. The van der Waals surface area contributed by atoms with Crippen molar-refractivity contribution in [2.45, 2.75) is 26.1 Å². The van der Waals surface area contributed by atoms with Gasteiger partial charge in [0.15, 0.2) is 17.6 Å².